The summed E-state index contributed by atoms with van der Waals surface area (Å²) >= 11 is 7.96. The van der Waals surface area contributed by atoms with E-state index in [9.17, 15) is 18.0 Å². The molecule has 0 aliphatic rings. The molecule has 2 aromatic carbocycles. The van der Waals surface area contributed by atoms with E-state index in [0.29, 0.717) is 28.9 Å². The molecule has 2 rings (SSSR count). The van der Waals surface area contributed by atoms with Crippen LogP contribution in [0.1, 0.15) is 25.3 Å². The van der Waals surface area contributed by atoms with Crippen molar-refractivity contribution in [3.05, 3.63) is 66.2 Å². The van der Waals surface area contributed by atoms with E-state index < -0.39 is 21.8 Å². The number of carbonyl (C=O) groups is 2. The van der Waals surface area contributed by atoms with Crippen molar-refractivity contribution < 1.29 is 32.7 Å². The number of benzene rings is 2. The fourth-order valence-electron chi connectivity index (χ4n) is 2.71. The third-order valence-electron chi connectivity index (χ3n) is 4.73. The van der Waals surface area contributed by atoms with Gasteiger partial charge in [0.2, 0.25) is 9.84 Å². The van der Waals surface area contributed by atoms with Gasteiger partial charge >= 0.3 is 11.9 Å². The van der Waals surface area contributed by atoms with Gasteiger partial charge in [-0.05, 0) is 54.5 Å². The second kappa shape index (κ2) is 16.4. The number of carbonyl (C=O) groups excluding carboxylic acids is 1. The Labute approximate surface area is 236 Å². The van der Waals surface area contributed by atoms with Crippen LogP contribution in [0.5, 0.6) is 0 Å². The third kappa shape index (κ3) is 11.4. The second-order valence-electron chi connectivity index (χ2n) is 7.85. The lowest BCUT2D eigenvalue weighted by molar-refractivity contribution is -0.147. The summed E-state index contributed by atoms with van der Waals surface area (Å²) in [5.41, 5.74) is 5.06. The van der Waals surface area contributed by atoms with Crippen molar-refractivity contribution >= 4 is 68.4 Å². The number of hydrogen-bond acceptors (Lipinski definition) is 10. The Hall–Kier alpha value is -2.58. The lowest BCUT2D eigenvalue weighted by atomic mass is 10.2. The number of carboxylic acids is 1. The van der Waals surface area contributed by atoms with Gasteiger partial charge in [-0.25, -0.2) is 8.42 Å². The molecule has 3 N–H and O–H groups in total. The van der Waals surface area contributed by atoms with E-state index in [2.05, 4.69) is 16.8 Å². The fraction of sp³-hybridized carbons (Fsp3) is 0.320. The minimum atomic E-state index is -3.66. The SMILES string of the molecule is C=C(C)C(=S)NOCCSNc1ccc(S(=O)(=O)c2ccc(CSCCOC(=O)CCC(=O)O)cc2)cc1. The average Bonchev–Trinajstić information content (AvgIpc) is 2.89. The van der Waals surface area contributed by atoms with Crippen molar-refractivity contribution in [1.82, 2.24) is 5.48 Å². The minimum absolute atomic E-state index is 0.145. The molecule has 0 aromatic heterocycles. The highest BCUT2D eigenvalue weighted by Gasteiger charge is 2.17. The molecule has 9 nitrogen and oxygen atoms in total. The lowest BCUT2D eigenvalue weighted by Gasteiger charge is -2.10. The summed E-state index contributed by atoms with van der Waals surface area (Å²) in [6, 6.07) is 13.2. The van der Waals surface area contributed by atoms with E-state index in [1.165, 1.54) is 23.7 Å². The number of carboxylic acid groups (broad SMARTS) is 1. The lowest BCUT2D eigenvalue weighted by Crippen LogP contribution is -2.23. The first-order valence-corrected chi connectivity index (χ1v) is 15.5. The molecule has 206 valence electrons. The molecule has 0 heterocycles. The number of thiocarbonyl (C=S) groups is 1. The van der Waals surface area contributed by atoms with Crippen LogP contribution in [0, 0.1) is 0 Å². The van der Waals surface area contributed by atoms with Crippen LogP contribution < -0.4 is 10.2 Å². The normalized spacial score (nSPS) is 11.0. The molecule has 0 unspecified atom stereocenters. The first-order chi connectivity index (χ1) is 18.1. The highest BCUT2D eigenvalue weighted by molar-refractivity contribution is 8.00. The van der Waals surface area contributed by atoms with Crippen LogP contribution >= 0.6 is 35.9 Å². The summed E-state index contributed by atoms with van der Waals surface area (Å²) in [5.74, 6) is 0.223. The van der Waals surface area contributed by atoms with Crippen LogP contribution in [-0.2, 0) is 34.8 Å². The zero-order chi connectivity index (χ0) is 28.0. The quantitative estimate of drug-likeness (QED) is 0.0585. The number of rotatable bonds is 17. The van der Waals surface area contributed by atoms with Crippen molar-refractivity contribution in [1.29, 1.82) is 0 Å². The molecule has 0 fully saturated rings. The largest absolute Gasteiger partial charge is 0.481 e. The molecule has 0 aliphatic heterocycles. The standard InChI is InChI=1S/C25H30N2O7S4/c1-18(2)25(35)26-34-14-16-37-27-20-5-9-22(10-6-20)38(31,32)21-7-3-19(4-8-21)17-36-15-13-33-24(30)12-11-23(28)29/h3-10,27H,1,11-17H2,2H3,(H,26,35)(H,28,29). The molecule has 0 spiro atoms. The molecule has 0 saturated heterocycles. The Bertz CT molecular complexity index is 1200. The predicted molar refractivity (Wildman–Crippen MR) is 155 cm³/mol. The van der Waals surface area contributed by atoms with Crippen LogP contribution in [0.4, 0.5) is 5.69 Å². The van der Waals surface area contributed by atoms with E-state index in [0.717, 1.165) is 16.8 Å². The maximum atomic E-state index is 13.0. The van der Waals surface area contributed by atoms with Crippen molar-refractivity contribution in [2.75, 3.05) is 29.4 Å². The smallest absolute Gasteiger partial charge is 0.306 e. The van der Waals surface area contributed by atoms with Crippen molar-refractivity contribution in [2.24, 2.45) is 0 Å². The Kier molecular flexibility index (Phi) is 13.7. The molecule has 0 bridgehead atoms. The summed E-state index contributed by atoms with van der Waals surface area (Å²) < 4.78 is 34.1. The van der Waals surface area contributed by atoms with Crippen molar-refractivity contribution in [3.63, 3.8) is 0 Å². The van der Waals surface area contributed by atoms with Gasteiger partial charge in [0.1, 0.15) is 11.6 Å². The topological polar surface area (TPSA) is 131 Å². The maximum Gasteiger partial charge on any atom is 0.306 e. The van der Waals surface area contributed by atoms with Crippen LogP contribution in [0.15, 0.2) is 70.5 Å². The summed E-state index contributed by atoms with van der Waals surface area (Å²) in [4.78, 5) is 27.9. The average molecular weight is 599 g/mol. The first-order valence-electron chi connectivity index (χ1n) is 11.4. The monoisotopic (exact) mass is 598 g/mol. The van der Waals surface area contributed by atoms with E-state index in [-0.39, 0.29) is 29.2 Å². The van der Waals surface area contributed by atoms with Gasteiger partial charge in [0.25, 0.3) is 0 Å². The van der Waals surface area contributed by atoms with E-state index >= 15 is 0 Å². The van der Waals surface area contributed by atoms with Gasteiger partial charge in [-0.15, -0.1) is 0 Å². The zero-order valence-corrected chi connectivity index (χ0v) is 24.1. The number of ether oxygens (including phenoxy) is 1. The highest BCUT2D eigenvalue weighted by atomic mass is 32.2. The zero-order valence-electron chi connectivity index (χ0n) is 20.8. The first kappa shape index (κ1) is 31.6. The fourth-order valence-corrected chi connectivity index (χ4v) is 5.38. The van der Waals surface area contributed by atoms with Crippen LogP contribution in [-0.4, -0.2) is 55.2 Å². The number of nitrogens with one attached hydrogen (secondary N) is 2. The molecule has 0 saturated carbocycles. The molecular weight excluding hydrogens is 569 g/mol. The van der Waals surface area contributed by atoms with Gasteiger partial charge in [0, 0.05) is 22.9 Å². The number of sulfone groups is 1. The van der Waals surface area contributed by atoms with Crippen molar-refractivity contribution in [3.8, 4) is 0 Å². The van der Waals surface area contributed by atoms with E-state index in [1.807, 2.05) is 0 Å². The summed E-state index contributed by atoms with van der Waals surface area (Å²) in [6.45, 7) is 6.10. The number of anilines is 1. The maximum absolute atomic E-state index is 13.0. The van der Waals surface area contributed by atoms with Crippen LogP contribution in [0.25, 0.3) is 0 Å². The minimum Gasteiger partial charge on any atom is -0.481 e. The second-order valence-corrected chi connectivity index (χ2v) is 12.2. The van der Waals surface area contributed by atoms with E-state index in [4.69, 9.17) is 26.9 Å². The van der Waals surface area contributed by atoms with Crippen LogP contribution in [0.3, 0.4) is 0 Å². The van der Waals surface area contributed by atoms with Crippen molar-refractivity contribution in [2.45, 2.75) is 35.3 Å². The van der Waals surface area contributed by atoms with Gasteiger partial charge in [0.05, 0.1) is 29.2 Å². The molecular formula is C25H30N2O7S4. The summed E-state index contributed by atoms with van der Waals surface area (Å²) in [6.07, 6.45) is -0.393. The molecule has 0 radical (unpaired) electrons. The van der Waals surface area contributed by atoms with Gasteiger partial charge in [-0.2, -0.15) is 11.8 Å². The molecule has 0 amide bonds. The Morgan fingerprint density at radius 2 is 1.63 bits per heavy atom. The van der Waals surface area contributed by atoms with E-state index in [1.54, 1.807) is 55.5 Å². The van der Waals surface area contributed by atoms with Gasteiger partial charge in [-0.3, -0.25) is 19.9 Å². The van der Waals surface area contributed by atoms with Gasteiger partial charge < -0.3 is 14.6 Å². The van der Waals surface area contributed by atoms with Crippen LogP contribution in [0.2, 0.25) is 0 Å². The molecule has 13 heteroatoms. The molecule has 0 aliphatic carbocycles. The highest BCUT2D eigenvalue weighted by Crippen LogP contribution is 2.24. The molecule has 38 heavy (non-hydrogen) atoms. The Morgan fingerprint density at radius 1 is 1.00 bits per heavy atom. The Balaban J connectivity index is 1.75. The molecule has 2 aromatic rings. The van der Waals surface area contributed by atoms with Gasteiger partial charge in [-0.1, -0.05) is 42.9 Å². The number of aliphatic carboxylic acids is 1. The van der Waals surface area contributed by atoms with Gasteiger partial charge in [0.15, 0.2) is 0 Å². The number of thioether (sulfide) groups is 1. The molecule has 0 atom stereocenters. The summed E-state index contributed by atoms with van der Waals surface area (Å²) in [7, 11) is -3.66. The number of esters is 1. The third-order valence-corrected chi connectivity index (χ3v) is 8.69. The Morgan fingerprint density at radius 3 is 2.24 bits per heavy atom. The number of hydrogen-bond donors (Lipinski definition) is 3. The predicted octanol–water partition coefficient (Wildman–Crippen LogP) is 4.65. The number of hydroxylamine groups is 1. The summed E-state index contributed by atoms with van der Waals surface area (Å²) in [5, 5.41) is 8.55.